The predicted octanol–water partition coefficient (Wildman–Crippen LogP) is 4.05. The molecule has 2 heterocycles. The number of hydrogen-bond acceptors (Lipinski definition) is 5. The van der Waals surface area contributed by atoms with Gasteiger partial charge in [-0.25, -0.2) is 8.42 Å². The summed E-state index contributed by atoms with van der Waals surface area (Å²) in [5.74, 6) is 0. The molecule has 0 radical (unpaired) electrons. The standard InChI is InChI=1S/C27H34N2O5S/c1-18-12-20-14-21(26(30)28-25(20)13-19(18)2)15-29(16-23-17-33-10-11-34-23)35(31,32)24-8-6-22(7-9-24)27(3,4)5/h6-9,12-14,23H,10-11,15-17H2,1-5H3,(H,28,30)/t23-/m1/s1. The minimum Gasteiger partial charge on any atom is -0.376 e. The SMILES string of the molecule is Cc1cc2cc(CN(C[C@@H]3COCCO3)S(=O)(=O)c3ccc(C(C)(C)C)cc3)c(=O)[nH]c2cc1C. The van der Waals surface area contributed by atoms with Gasteiger partial charge < -0.3 is 14.5 Å². The van der Waals surface area contributed by atoms with Crippen LogP contribution in [0.1, 0.15) is 43.0 Å². The number of aromatic nitrogens is 1. The Balaban J connectivity index is 1.72. The summed E-state index contributed by atoms with van der Waals surface area (Å²) < 4.78 is 40.1. The maximum absolute atomic E-state index is 13.8. The Labute approximate surface area is 207 Å². The van der Waals surface area contributed by atoms with Crippen molar-refractivity contribution in [3.8, 4) is 0 Å². The number of aryl methyl sites for hydroxylation is 2. The molecule has 0 saturated carbocycles. The topological polar surface area (TPSA) is 88.7 Å². The zero-order chi connectivity index (χ0) is 25.4. The van der Waals surface area contributed by atoms with Crippen molar-refractivity contribution >= 4 is 20.9 Å². The summed E-state index contributed by atoms with van der Waals surface area (Å²) in [6.07, 6.45) is -0.406. The van der Waals surface area contributed by atoms with Gasteiger partial charge in [-0.05, 0) is 71.7 Å². The summed E-state index contributed by atoms with van der Waals surface area (Å²) in [6, 6.07) is 12.7. The van der Waals surface area contributed by atoms with Crippen LogP contribution in [-0.2, 0) is 31.5 Å². The van der Waals surface area contributed by atoms with Crippen LogP contribution in [-0.4, -0.2) is 50.2 Å². The van der Waals surface area contributed by atoms with E-state index in [9.17, 15) is 13.2 Å². The second-order valence-electron chi connectivity index (χ2n) is 10.3. The third-order valence-corrected chi connectivity index (χ3v) is 8.36. The first-order valence-electron chi connectivity index (χ1n) is 11.9. The van der Waals surface area contributed by atoms with Gasteiger partial charge in [0.15, 0.2) is 0 Å². The van der Waals surface area contributed by atoms with Gasteiger partial charge in [0.25, 0.3) is 5.56 Å². The molecule has 4 rings (SSSR count). The average Bonchev–Trinajstić information content (AvgIpc) is 2.80. The molecule has 0 spiro atoms. The number of ether oxygens (including phenoxy) is 2. The number of hydrogen-bond donors (Lipinski definition) is 1. The molecule has 0 bridgehead atoms. The average molecular weight is 499 g/mol. The van der Waals surface area contributed by atoms with Crippen LogP contribution in [0.3, 0.4) is 0 Å². The highest BCUT2D eigenvalue weighted by molar-refractivity contribution is 7.89. The Hall–Kier alpha value is -2.52. The molecule has 1 aliphatic heterocycles. The largest absolute Gasteiger partial charge is 0.376 e. The zero-order valence-corrected chi connectivity index (χ0v) is 21.9. The molecule has 1 saturated heterocycles. The van der Waals surface area contributed by atoms with Gasteiger partial charge in [0.05, 0.1) is 30.8 Å². The van der Waals surface area contributed by atoms with E-state index in [4.69, 9.17) is 9.47 Å². The third-order valence-electron chi connectivity index (χ3n) is 6.53. The first-order valence-corrected chi connectivity index (χ1v) is 13.3. The summed E-state index contributed by atoms with van der Waals surface area (Å²) >= 11 is 0. The first kappa shape index (κ1) is 25.6. The summed E-state index contributed by atoms with van der Waals surface area (Å²) in [5, 5.41) is 0.867. The van der Waals surface area contributed by atoms with Gasteiger partial charge in [0.1, 0.15) is 0 Å². The van der Waals surface area contributed by atoms with E-state index in [0.29, 0.717) is 25.4 Å². The molecule has 7 nitrogen and oxygen atoms in total. The lowest BCUT2D eigenvalue weighted by Crippen LogP contribution is -2.43. The van der Waals surface area contributed by atoms with E-state index in [1.54, 1.807) is 18.2 Å². The number of aromatic amines is 1. The van der Waals surface area contributed by atoms with Gasteiger partial charge in [0.2, 0.25) is 10.0 Å². The molecule has 0 amide bonds. The van der Waals surface area contributed by atoms with Crippen LogP contribution in [0.15, 0.2) is 52.2 Å². The van der Waals surface area contributed by atoms with Gasteiger partial charge >= 0.3 is 0 Å². The molecule has 0 aliphatic carbocycles. The van der Waals surface area contributed by atoms with Crippen LogP contribution >= 0.6 is 0 Å². The van der Waals surface area contributed by atoms with Crippen LogP contribution in [0, 0.1) is 13.8 Å². The number of H-pyrrole nitrogens is 1. The molecule has 1 atom stereocenters. The molecule has 1 aromatic heterocycles. The number of nitrogens with one attached hydrogen (secondary N) is 1. The highest BCUT2D eigenvalue weighted by Crippen LogP contribution is 2.26. The minimum atomic E-state index is -3.90. The second-order valence-corrected chi connectivity index (χ2v) is 12.2. The van der Waals surface area contributed by atoms with Crippen molar-refractivity contribution < 1.29 is 17.9 Å². The maximum atomic E-state index is 13.8. The van der Waals surface area contributed by atoms with Crippen molar-refractivity contribution in [2.45, 2.75) is 57.6 Å². The first-order chi connectivity index (χ1) is 16.4. The zero-order valence-electron chi connectivity index (χ0n) is 21.1. The predicted molar refractivity (Wildman–Crippen MR) is 137 cm³/mol. The van der Waals surface area contributed by atoms with Crippen LogP contribution in [0.2, 0.25) is 0 Å². The fourth-order valence-corrected chi connectivity index (χ4v) is 5.67. The van der Waals surface area contributed by atoms with E-state index in [1.165, 1.54) is 4.31 Å². The molecule has 8 heteroatoms. The summed E-state index contributed by atoms with van der Waals surface area (Å²) in [4.78, 5) is 16.0. The molecular formula is C27H34N2O5S. The second kappa shape index (κ2) is 9.85. The fraction of sp³-hybridized carbons (Fsp3) is 0.444. The summed E-state index contributed by atoms with van der Waals surface area (Å²) in [7, 11) is -3.90. The molecule has 1 aliphatic rings. The molecule has 2 aromatic carbocycles. The van der Waals surface area contributed by atoms with Crippen LogP contribution in [0.4, 0.5) is 0 Å². The minimum absolute atomic E-state index is 0.0680. The van der Waals surface area contributed by atoms with Crippen molar-refractivity contribution in [2.75, 3.05) is 26.4 Å². The Bertz CT molecular complexity index is 1370. The van der Waals surface area contributed by atoms with E-state index < -0.39 is 16.1 Å². The van der Waals surface area contributed by atoms with Crippen molar-refractivity contribution in [3.05, 3.63) is 75.1 Å². The lowest BCUT2D eigenvalue weighted by atomic mass is 9.87. The van der Waals surface area contributed by atoms with E-state index in [2.05, 4.69) is 25.8 Å². The number of benzene rings is 2. The third kappa shape index (κ3) is 5.67. The number of rotatable bonds is 6. The number of sulfonamides is 1. The van der Waals surface area contributed by atoms with Gasteiger partial charge in [-0.2, -0.15) is 4.31 Å². The van der Waals surface area contributed by atoms with Gasteiger partial charge in [-0.15, -0.1) is 0 Å². The van der Waals surface area contributed by atoms with Crippen molar-refractivity contribution in [3.63, 3.8) is 0 Å². The molecular weight excluding hydrogens is 464 g/mol. The highest BCUT2D eigenvalue weighted by Gasteiger charge is 2.30. The van der Waals surface area contributed by atoms with E-state index in [0.717, 1.165) is 27.6 Å². The van der Waals surface area contributed by atoms with Gasteiger partial charge in [0, 0.05) is 24.2 Å². The van der Waals surface area contributed by atoms with Crippen LogP contribution in [0.25, 0.3) is 10.9 Å². The van der Waals surface area contributed by atoms with Crippen molar-refractivity contribution in [1.82, 2.24) is 9.29 Å². The molecule has 3 aromatic rings. The quantitative estimate of drug-likeness (QED) is 0.554. The van der Waals surface area contributed by atoms with Gasteiger partial charge in [-0.3, -0.25) is 4.79 Å². The molecule has 1 N–H and O–H groups in total. The fourth-order valence-electron chi connectivity index (χ4n) is 4.22. The molecule has 35 heavy (non-hydrogen) atoms. The number of fused-ring (bicyclic) bond motifs is 1. The Morgan fingerprint density at radius 2 is 1.71 bits per heavy atom. The molecule has 1 fully saturated rings. The molecule has 0 unspecified atom stereocenters. The van der Waals surface area contributed by atoms with Crippen molar-refractivity contribution in [1.29, 1.82) is 0 Å². The van der Waals surface area contributed by atoms with Crippen LogP contribution in [0.5, 0.6) is 0 Å². The maximum Gasteiger partial charge on any atom is 0.252 e. The van der Waals surface area contributed by atoms with Crippen molar-refractivity contribution in [2.24, 2.45) is 0 Å². The monoisotopic (exact) mass is 498 g/mol. The lowest BCUT2D eigenvalue weighted by Gasteiger charge is -2.29. The summed E-state index contributed by atoms with van der Waals surface area (Å²) in [5.41, 5.74) is 3.95. The molecule has 188 valence electrons. The van der Waals surface area contributed by atoms with Crippen LogP contribution < -0.4 is 5.56 Å². The smallest absolute Gasteiger partial charge is 0.252 e. The Morgan fingerprint density at radius 1 is 1.03 bits per heavy atom. The van der Waals surface area contributed by atoms with E-state index >= 15 is 0 Å². The highest BCUT2D eigenvalue weighted by atomic mass is 32.2. The van der Waals surface area contributed by atoms with E-state index in [-0.39, 0.29) is 29.0 Å². The Morgan fingerprint density at radius 3 is 2.34 bits per heavy atom. The van der Waals surface area contributed by atoms with E-state index in [1.807, 2.05) is 38.1 Å². The summed E-state index contributed by atoms with van der Waals surface area (Å²) in [6.45, 7) is 11.5. The lowest BCUT2D eigenvalue weighted by molar-refractivity contribution is -0.0923. The normalized spacial score (nSPS) is 17.3. The number of pyridine rings is 1. The van der Waals surface area contributed by atoms with Gasteiger partial charge in [-0.1, -0.05) is 32.9 Å². The number of nitrogens with zero attached hydrogens (tertiary/aromatic N) is 1. The Kier molecular flexibility index (Phi) is 7.20.